The van der Waals surface area contributed by atoms with Crippen LogP contribution in [0.5, 0.6) is 11.5 Å². The van der Waals surface area contributed by atoms with Crippen molar-refractivity contribution in [2.45, 2.75) is 11.9 Å². The number of hydrogen-bond donors (Lipinski definition) is 1. The minimum atomic E-state index is -5.97. The van der Waals surface area contributed by atoms with Crippen molar-refractivity contribution in [1.82, 2.24) is 0 Å². The van der Waals surface area contributed by atoms with Crippen molar-refractivity contribution in [3.05, 3.63) is 60.2 Å². The Morgan fingerprint density at radius 2 is 1.61 bits per heavy atom. The van der Waals surface area contributed by atoms with Crippen LogP contribution < -0.4 is 9.47 Å². The van der Waals surface area contributed by atoms with E-state index < -0.39 is 40.5 Å². The zero-order chi connectivity index (χ0) is 20.8. The van der Waals surface area contributed by atoms with Crippen LogP contribution in [0.1, 0.15) is 5.56 Å². The van der Waals surface area contributed by atoms with Crippen molar-refractivity contribution in [1.29, 1.82) is 0 Å². The van der Waals surface area contributed by atoms with Gasteiger partial charge in [-0.2, -0.15) is 17.2 Å². The second-order valence-electron chi connectivity index (χ2n) is 5.25. The van der Waals surface area contributed by atoms with Crippen molar-refractivity contribution < 1.29 is 45.6 Å². The molecule has 0 atom stereocenters. The van der Waals surface area contributed by atoms with Crippen LogP contribution in [-0.2, 0) is 31.1 Å². The van der Waals surface area contributed by atoms with E-state index in [9.17, 15) is 26.8 Å². The third kappa shape index (κ3) is 5.47. The predicted molar refractivity (Wildman–Crippen MR) is 90.3 cm³/mol. The molecule has 0 heterocycles. The molecule has 2 aromatic rings. The van der Waals surface area contributed by atoms with Crippen LogP contribution in [-0.4, -0.2) is 36.8 Å². The summed E-state index contributed by atoms with van der Waals surface area (Å²) in [5.74, 6) is -2.87. The molecule has 0 spiro atoms. The van der Waals surface area contributed by atoms with Gasteiger partial charge in [0.1, 0.15) is 18.1 Å². The molecule has 0 unspecified atom stereocenters. The Morgan fingerprint density at radius 3 is 2.25 bits per heavy atom. The van der Waals surface area contributed by atoms with Crippen molar-refractivity contribution in [3.63, 3.8) is 0 Å². The molecule has 2 aromatic carbocycles. The Balaban J connectivity index is 1.97. The molecule has 8 nitrogen and oxygen atoms in total. The van der Waals surface area contributed by atoms with Gasteiger partial charge in [0.25, 0.3) is 0 Å². The van der Waals surface area contributed by atoms with Gasteiger partial charge in [0.05, 0.1) is 0 Å². The first kappa shape index (κ1) is 21.3. The van der Waals surface area contributed by atoms with Crippen molar-refractivity contribution in [2.24, 2.45) is 0 Å². The van der Waals surface area contributed by atoms with E-state index in [2.05, 4.69) is 4.74 Å². The largest absolute Gasteiger partial charge is 0.481 e. The molecule has 150 valence electrons. The molecule has 1 N–H and O–H groups in total. The van der Waals surface area contributed by atoms with Crippen molar-refractivity contribution in [2.75, 3.05) is 6.61 Å². The summed E-state index contributed by atoms with van der Waals surface area (Å²) in [5, 5.41) is -5.11. The van der Waals surface area contributed by atoms with Gasteiger partial charge in [0.15, 0.2) is 6.61 Å². The zero-order valence-corrected chi connectivity index (χ0v) is 14.9. The van der Waals surface area contributed by atoms with Crippen LogP contribution in [0.2, 0.25) is 0 Å². The van der Waals surface area contributed by atoms with Gasteiger partial charge < -0.3 is 14.2 Å². The van der Waals surface area contributed by atoms with E-state index >= 15 is 0 Å². The molecule has 0 aliphatic rings. The second kappa shape index (κ2) is 8.76. The molecule has 0 radical (unpaired) electrons. The van der Waals surface area contributed by atoms with E-state index in [0.717, 1.165) is 0 Å². The fourth-order valence-corrected chi connectivity index (χ4v) is 2.15. The molecule has 0 aliphatic carbocycles. The fourth-order valence-electron chi connectivity index (χ4n) is 1.88. The SMILES string of the molecule is O=C(COc1ccccc1COC(=O)C(F)(F)S(=O)(=O)O)Oc1ccccc1. The Kier molecular flexibility index (Phi) is 6.65. The number of hydrogen-bond acceptors (Lipinski definition) is 7. The molecule has 0 saturated carbocycles. The number of para-hydroxylation sites is 2. The predicted octanol–water partition coefficient (Wildman–Crippen LogP) is 2.19. The smallest absolute Gasteiger partial charge is 0.465 e. The third-order valence-electron chi connectivity index (χ3n) is 3.21. The molecular weight excluding hydrogens is 402 g/mol. The first-order chi connectivity index (χ1) is 13.1. The number of esters is 2. The quantitative estimate of drug-likeness (QED) is 0.396. The minimum absolute atomic E-state index is 0.0236. The van der Waals surface area contributed by atoms with E-state index in [-0.39, 0.29) is 11.3 Å². The Hall–Kier alpha value is -3.05. The van der Waals surface area contributed by atoms with Crippen LogP contribution >= 0.6 is 0 Å². The van der Waals surface area contributed by atoms with E-state index in [4.69, 9.17) is 14.0 Å². The van der Waals surface area contributed by atoms with E-state index in [1.165, 1.54) is 24.3 Å². The van der Waals surface area contributed by atoms with Gasteiger partial charge in [0, 0.05) is 5.56 Å². The molecule has 28 heavy (non-hydrogen) atoms. The van der Waals surface area contributed by atoms with Gasteiger partial charge in [-0.1, -0.05) is 36.4 Å². The molecule has 0 aromatic heterocycles. The summed E-state index contributed by atoms with van der Waals surface area (Å²) in [6.45, 7) is -1.31. The summed E-state index contributed by atoms with van der Waals surface area (Å²) in [6, 6.07) is 13.9. The van der Waals surface area contributed by atoms with Crippen LogP contribution in [0.25, 0.3) is 0 Å². The van der Waals surface area contributed by atoms with Gasteiger partial charge in [-0.15, -0.1) is 0 Å². The summed E-state index contributed by atoms with van der Waals surface area (Å²) < 4.78 is 70.3. The monoisotopic (exact) mass is 416 g/mol. The molecule has 0 amide bonds. The lowest BCUT2D eigenvalue weighted by Crippen LogP contribution is -2.38. The number of carbonyl (C=O) groups is 2. The standard InChI is InChI=1S/C17H14F2O8S/c18-17(19,28(22,23)24)16(21)26-10-12-6-4-5-9-14(12)25-11-15(20)27-13-7-2-1-3-8-13/h1-9H,10-11H2,(H,22,23,24). The molecule has 0 bridgehead atoms. The number of carbonyl (C=O) groups excluding carboxylic acids is 2. The molecule has 11 heteroatoms. The lowest BCUT2D eigenvalue weighted by atomic mass is 10.2. The highest BCUT2D eigenvalue weighted by Gasteiger charge is 2.54. The molecule has 0 fully saturated rings. The maximum Gasteiger partial charge on any atom is 0.465 e. The average Bonchev–Trinajstić information content (AvgIpc) is 2.65. The maximum absolute atomic E-state index is 13.2. The summed E-state index contributed by atoms with van der Waals surface area (Å²) in [6.07, 6.45) is 0. The number of benzene rings is 2. The molecular formula is C17H14F2O8S. The number of halogens is 2. The Labute approximate surface area is 158 Å². The highest BCUT2D eigenvalue weighted by molar-refractivity contribution is 7.87. The first-order valence-corrected chi connectivity index (χ1v) is 9.04. The van der Waals surface area contributed by atoms with Gasteiger partial charge in [-0.25, -0.2) is 9.59 Å². The van der Waals surface area contributed by atoms with Crippen LogP contribution in [0.4, 0.5) is 8.78 Å². The van der Waals surface area contributed by atoms with Gasteiger partial charge in [0.2, 0.25) is 0 Å². The third-order valence-corrected chi connectivity index (χ3v) is 4.03. The first-order valence-electron chi connectivity index (χ1n) is 7.60. The molecule has 0 aliphatic heterocycles. The molecule has 2 rings (SSSR count). The highest BCUT2D eigenvalue weighted by atomic mass is 32.2. The van der Waals surface area contributed by atoms with E-state index in [0.29, 0.717) is 5.75 Å². The zero-order valence-electron chi connectivity index (χ0n) is 14.1. The van der Waals surface area contributed by atoms with Crippen LogP contribution in [0, 0.1) is 0 Å². The van der Waals surface area contributed by atoms with Crippen LogP contribution in [0.15, 0.2) is 54.6 Å². The number of alkyl halides is 2. The highest BCUT2D eigenvalue weighted by Crippen LogP contribution is 2.25. The van der Waals surface area contributed by atoms with Crippen molar-refractivity contribution >= 4 is 22.1 Å². The average molecular weight is 416 g/mol. The summed E-state index contributed by atoms with van der Waals surface area (Å²) in [4.78, 5) is 23.0. The van der Waals surface area contributed by atoms with Gasteiger partial charge in [-0.05, 0) is 18.2 Å². The summed E-state index contributed by atoms with van der Waals surface area (Å²) >= 11 is 0. The van der Waals surface area contributed by atoms with Gasteiger partial charge >= 0.3 is 27.3 Å². The van der Waals surface area contributed by atoms with E-state index in [1.807, 2.05) is 0 Å². The van der Waals surface area contributed by atoms with Gasteiger partial charge in [-0.3, -0.25) is 4.55 Å². The fraction of sp³-hybridized carbons (Fsp3) is 0.176. The number of ether oxygens (including phenoxy) is 3. The number of rotatable bonds is 8. The summed E-state index contributed by atoms with van der Waals surface area (Å²) in [7, 11) is -5.97. The lowest BCUT2D eigenvalue weighted by Gasteiger charge is -2.14. The second-order valence-corrected chi connectivity index (χ2v) is 6.71. The minimum Gasteiger partial charge on any atom is -0.481 e. The Morgan fingerprint density at radius 1 is 1.00 bits per heavy atom. The topological polar surface area (TPSA) is 116 Å². The van der Waals surface area contributed by atoms with Crippen molar-refractivity contribution in [3.8, 4) is 11.5 Å². The lowest BCUT2D eigenvalue weighted by molar-refractivity contribution is -0.162. The molecule has 0 saturated heterocycles. The normalized spacial score (nSPS) is 11.5. The summed E-state index contributed by atoms with van der Waals surface area (Å²) in [5.41, 5.74) is 0.0782. The van der Waals surface area contributed by atoms with Crippen LogP contribution in [0.3, 0.4) is 0 Å². The Bertz CT molecular complexity index is 945. The maximum atomic E-state index is 13.2. The van der Waals surface area contributed by atoms with E-state index in [1.54, 1.807) is 30.3 Å².